The van der Waals surface area contributed by atoms with Gasteiger partial charge in [0, 0.05) is 63.2 Å². The molecule has 2 N–H and O–H groups in total. The fourth-order valence-electron chi connectivity index (χ4n) is 3.89. The van der Waals surface area contributed by atoms with E-state index in [-0.39, 0.29) is 30.2 Å². The number of carbonyl (C=O) groups excluding carboxylic acids is 4. The van der Waals surface area contributed by atoms with Crippen LogP contribution in [0.15, 0.2) is 12.1 Å². The molecule has 0 radical (unpaired) electrons. The lowest BCUT2D eigenvalue weighted by Gasteiger charge is -2.39. The van der Waals surface area contributed by atoms with Crippen molar-refractivity contribution in [3.8, 4) is 0 Å². The summed E-state index contributed by atoms with van der Waals surface area (Å²) < 4.78 is 83.9. The summed E-state index contributed by atoms with van der Waals surface area (Å²) in [5, 5.41) is 4.94. The van der Waals surface area contributed by atoms with Gasteiger partial charge in [0.1, 0.15) is 11.9 Å². The van der Waals surface area contributed by atoms with Gasteiger partial charge in [-0.1, -0.05) is 0 Å². The highest BCUT2D eigenvalue weighted by molar-refractivity contribution is 6.23. The minimum atomic E-state index is -3.30. The highest BCUT2D eigenvalue weighted by Gasteiger charge is 2.46. The first kappa shape index (κ1) is 12.9. The van der Waals surface area contributed by atoms with E-state index in [4.69, 9.17) is 11.0 Å². The Labute approximate surface area is 189 Å². The van der Waals surface area contributed by atoms with Crippen LogP contribution in [0.2, 0.25) is 0 Å². The average molecular weight is 438 g/mol. The summed E-state index contributed by atoms with van der Waals surface area (Å²) in [6.45, 7) is -12.3. The first-order chi connectivity index (χ1) is 17.9. The number of anilines is 1. The Balaban J connectivity index is 1.58. The monoisotopic (exact) mass is 437 g/mol. The fourth-order valence-corrected chi connectivity index (χ4v) is 3.89. The third kappa shape index (κ3) is 3.49. The van der Waals surface area contributed by atoms with Crippen molar-refractivity contribution in [2.24, 2.45) is 5.92 Å². The second-order valence-corrected chi connectivity index (χ2v) is 7.71. The molecule has 1 aromatic carbocycles. The second-order valence-electron chi connectivity index (χ2n) is 7.71. The number of amides is 4. The Kier molecular flexibility index (Phi) is 3.19. The molecular weight excluding hydrogens is 405 g/mol. The highest BCUT2D eigenvalue weighted by atomic mass is 19.1. The zero-order valence-corrected chi connectivity index (χ0v) is 16.2. The van der Waals surface area contributed by atoms with Crippen LogP contribution in [0.3, 0.4) is 0 Å². The third-order valence-corrected chi connectivity index (χ3v) is 5.64. The van der Waals surface area contributed by atoms with Crippen molar-refractivity contribution in [2.75, 3.05) is 50.5 Å². The molecular formula is C21H24FN5O4. The smallest absolute Gasteiger partial charge is 0.265 e. The summed E-state index contributed by atoms with van der Waals surface area (Å²) in [7, 11) is 0. The van der Waals surface area contributed by atoms with Crippen LogP contribution in [0, 0.1) is 11.7 Å². The maximum atomic E-state index is 15.4. The van der Waals surface area contributed by atoms with Crippen molar-refractivity contribution < 1.29 is 34.5 Å². The number of hydrogen-bond acceptors (Lipinski definition) is 7. The zero-order chi connectivity index (χ0) is 28.9. The molecule has 3 saturated heterocycles. The van der Waals surface area contributed by atoms with E-state index in [0.29, 0.717) is 29.0 Å². The molecule has 10 heteroatoms. The van der Waals surface area contributed by atoms with Gasteiger partial charge in [-0.15, -0.1) is 0 Å². The Bertz CT molecular complexity index is 1280. The molecule has 0 saturated carbocycles. The van der Waals surface area contributed by atoms with Gasteiger partial charge in [0.25, 0.3) is 11.8 Å². The van der Waals surface area contributed by atoms with Gasteiger partial charge in [0.05, 0.1) is 16.6 Å². The van der Waals surface area contributed by atoms with Crippen LogP contribution in [0.1, 0.15) is 44.5 Å². The second kappa shape index (κ2) is 7.69. The summed E-state index contributed by atoms with van der Waals surface area (Å²) >= 11 is 0. The van der Waals surface area contributed by atoms with E-state index in [1.54, 1.807) is 0 Å². The first-order valence-corrected chi connectivity index (χ1v) is 9.78. The van der Waals surface area contributed by atoms with Crippen molar-refractivity contribution in [2.45, 2.75) is 18.9 Å². The molecule has 0 bridgehead atoms. The van der Waals surface area contributed by atoms with Gasteiger partial charge in [0.2, 0.25) is 11.8 Å². The number of hydrogen-bond donors (Lipinski definition) is 2. The van der Waals surface area contributed by atoms with Crippen LogP contribution in [-0.2, 0) is 9.59 Å². The van der Waals surface area contributed by atoms with Gasteiger partial charge in [0.15, 0.2) is 0 Å². The van der Waals surface area contributed by atoms with Gasteiger partial charge in [-0.25, -0.2) is 4.39 Å². The van der Waals surface area contributed by atoms with Gasteiger partial charge in [-0.05, 0) is 24.5 Å². The highest BCUT2D eigenvalue weighted by Crippen LogP contribution is 2.33. The Hall–Kier alpha value is -2.85. The predicted molar refractivity (Wildman–Crippen MR) is 108 cm³/mol. The number of piperidine rings is 1. The van der Waals surface area contributed by atoms with Crippen LogP contribution in [0.5, 0.6) is 0 Å². The Morgan fingerprint density at radius 1 is 1.06 bits per heavy atom. The molecule has 9 nitrogen and oxygen atoms in total. The van der Waals surface area contributed by atoms with Crippen molar-refractivity contribution in [1.29, 1.82) is 0 Å². The fraction of sp³-hybridized carbons (Fsp3) is 0.524. The van der Waals surface area contributed by atoms with Gasteiger partial charge < -0.3 is 10.2 Å². The molecule has 4 heterocycles. The SMILES string of the molecule is [2H]C1([2H])N(CC2CNC2)C([2H])([2H])C([2H])([2H])N(c2cc(F)c3c(c2)C(=O)N(C2CCC(=O)NC2=O)C3=O)C1([2H])[2H]. The molecule has 1 atom stereocenters. The molecule has 164 valence electrons. The minimum absolute atomic E-state index is 0.116. The van der Waals surface area contributed by atoms with E-state index in [9.17, 15) is 19.2 Å². The molecule has 1 unspecified atom stereocenters. The molecule has 4 aliphatic heterocycles. The molecule has 0 spiro atoms. The summed E-state index contributed by atoms with van der Waals surface area (Å²) in [5.41, 5.74) is -2.10. The topological polar surface area (TPSA) is 102 Å². The molecule has 31 heavy (non-hydrogen) atoms. The molecule has 0 aliphatic carbocycles. The lowest BCUT2D eigenvalue weighted by atomic mass is 10.0. The lowest BCUT2D eigenvalue weighted by Crippen LogP contribution is -2.54. The quantitative estimate of drug-likeness (QED) is 0.617. The molecule has 3 fully saturated rings. The molecule has 0 aromatic heterocycles. The number of nitrogens with one attached hydrogen (secondary N) is 2. The van der Waals surface area contributed by atoms with E-state index >= 15 is 4.39 Å². The predicted octanol–water partition coefficient (Wildman–Crippen LogP) is -0.432. The van der Waals surface area contributed by atoms with E-state index in [1.165, 1.54) is 0 Å². The average Bonchev–Trinajstić information content (AvgIpc) is 3.02. The standard InChI is InChI=1S/C21H24FN5O4/c22-15-8-13(26-5-3-25(4-6-26)11-12-9-23-10-12)7-14-18(15)21(31)27(20(14)30)16-1-2-17(28)24-19(16)29/h7-8,12,16,23H,1-6,9-11H2,(H,24,28,29)/i3D2,4D2,5D2,6D2. The van der Waals surface area contributed by atoms with E-state index in [0.717, 1.165) is 6.07 Å². The lowest BCUT2D eigenvalue weighted by molar-refractivity contribution is -0.136. The number of halogens is 1. The molecule has 1 aromatic rings. The van der Waals surface area contributed by atoms with Crippen molar-refractivity contribution >= 4 is 29.3 Å². The van der Waals surface area contributed by atoms with E-state index in [2.05, 4.69) is 5.32 Å². The number of carbonyl (C=O) groups is 4. The largest absolute Gasteiger partial charge is 0.369 e. The van der Waals surface area contributed by atoms with Gasteiger partial charge in [-0.2, -0.15) is 0 Å². The number of benzene rings is 1. The summed E-state index contributed by atoms with van der Waals surface area (Å²) in [5.74, 6) is -5.49. The summed E-state index contributed by atoms with van der Waals surface area (Å²) in [6, 6.07) is -0.0907. The number of piperazine rings is 1. The van der Waals surface area contributed by atoms with Gasteiger partial charge in [-0.3, -0.25) is 34.3 Å². The Morgan fingerprint density at radius 3 is 2.45 bits per heavy atom. The van der Waals surface area contributed by atoms with Crippen molar-refractivity contribution in [3.63, 3.8) is 0 Å². The van der Waals surface area contributed by atoms with E-state index in [1.807, 2.05) is 5.32 Å². The molecule has 4 aliphatic rings. The minimum Gasteiger partial charge on any atom is -0.369 e. The van der Waals surface area contributed by atoms with Crippen LogP contribution in [-0.4, -0.2) is 85.1 Å². The summed E-state index contributed by atoms with van der Waals surface area (Å²) in [6.07, 6.45) is -0.377. The number of nitrogens with zero attached hydrogens (tertiary/aromatic N) is 3. The van der Waals surface area contributed by atoms with Crippen molar-refractivity contribution in [3.05, 3.63) is 29.1 Å². The summed E-state index contributed by atoms with van der Waals surface area (Å²) in [4.78, 5) is 51.1. The number of rotatable bonds is 4. The third-order valence-electron chi connectivity index (χ3n) is 5.64. The van der Waals surface area contributed by atoms with Crippen LogP contribution in [0.4, 0.5) is 10.1 Å². The maximum Gasteiger partial charge on any atom is 0.265 e. The number of fused-ring (bicyclic) bond motifs is 1. The van der Waals surface area contributed by atoms with Crippen LogP contribution >= 0.6 is 0 Å². The zero-order valence-electron chi connectivity index (χ0n) is 24.2. The first-order valence-electron chi connectivity index (χ1n) is 13.8. The van der Waals surface area contributed by atoms with E-state index < -0.39 is 78.3 Å². The van der Waals surface area contributed by atoms with Crippen molar-refractivity contribution in [1.82, 2.24) is 20.4 Å². The number of imide groups is 2. The maximum absolute atomic E-state index is 15.4. The molecule has 5 rings (SSSR count). The normalized spacial score (nSPS) is 35.3. The molecule has 4 amide bonds. The van der Waals surface area contributed by atoms with Gasteiger partial charge >= 0.3 is 0 Å². The van der Waals surface area contributed by atoms with Crippen LogP contribution in [0.25, 0.3) is 0 Å². The Morgan fingerprint density at radius 2 is 1.81 bits per heavy atom. The van der Waals surface area contributed by atoms with Crippen LogP contribution < -0.4 is 15.5 Å².